The van der Waals surface area contributed by atoms with Gasteiger partial charge in [-0.25, -0.2) is 23.8 Å². The first-order chi connectivity index (χ1) is 14.8. The maximum Gasteiger partial charge on any atom is 0.407 e. The zero-order valence-corrected chi connectivity index (χ0v) is 17.9. The van der Waals surface area contributed by atoms with Gasteiger partial charge in [0.2, 0.25) is 0 Å². The van der Waals surface area contributed by atoms with Crippen molar-refractivity contribution in [1.82, 2.24) is 25.1 Å². The lowest BCUT2D eigenvalue weighted by Gasteiger charge is -2.30. The molecule has 0 bridgehead atoms. The molecule has 1 aromatic carbocycles. The fourth-order valence-corrected chi connectivity index (χ4v) is 3.81. The Hall–Kier alpha value is -3.23. The van der Waals surface area contributed by atoms with Gasteiger partial charge in [0, 0.05) is 12.1 Å². The van der Waals surface area contributed by atoms with Crippen LogP contribution in [0, 0.1) is 5.82 Å². The summed E-state index contributed by atoms with van der Waals surface area (Å²) in [6.07, 6.45) is 6.30. The van der Waals surface area contributed by atoms with Gasteiger partial charge >= 0.3 is 6.09 Å². The monoisotopic (exact) mass is 426 g/mol. The van der Waals surface area contributed by atoms with Crippen molar-refractivity contribution in [3.05, 3.63) is 42.6 Å². The number of nitrogens with zero attached hydrogens (tertiary/aromatic N) is 4. The van der Waals surface area contributed by atoms with Crippen LogP contribution in [0.5, 0.6) is 0 Å². The first kappa shape index (κ1) is 21.0. The van der Waals surface area contributed by atoms with Crippen LogP contribution in [0.1, 0.15) is 46.5 Å². The van der Waals surface area contributed by atoms with E-state index < -0.39 is 5.60 Å². The second-order valence-corrected chi connectivity index (χ2v) is 8.83. The third-order valence-corrected chi connectivity index (χ3v) is 5.21. The standard InChI is InChI=1S/C22H27FN6O2/c1-22(2,3)31-21(30)28-16-9-7-15(8-10-16)27-19-18-12-26-29(20(18)25-13-24-19)17-6-4-5-14(23)11-17/h4-6,11-13,15-16H,7-10H2,1-3H3,(H,28,30)(H,24,25,27). The average Bonchev–Trinajstić information content (AvgIpc) is 3.13. The van der Waals surface area contributed by atoms with Crippen molar-refractivity contribution < 1.29 is 13.9 Å². The number of anilines is 1. The first-order valence-corrected chi connectivity index (χ1v) is 10.5. The highest BCUT2D eigenvalue weighted by molar-refractivity contribution is 5.87. The Kier molecular flexibility index (Phi) is 5.75. The molecule has 31 heavy (non-hydrogen) atoms. The number of fused-ring (bicyclic) bond motifs is 1. The summed E-state index contributed by atoms with van der Waals surface area (Å²) < 4.78 is 20.6. The predicted octanol–water partition coefficient (Wildman–Crippen LogP) is 4.20. The fraction of sp³-hybridized carbons (Fsp3) is 0.455. The second kappa shape index (κ2) is 8.49. The number of carbonyl (C=O) groups excluding carboxylic acids is 1. The number of ether oxygens (including phenoxy) is 1. The smallest absolute Gasteiger partial charge is 0.407 e. The molecule has 0 radical (unpaired) electrons. The van der Waals surface area contributed by atoms with Crippen LogP contribution in [0.25, 0.3) is 16.7 Å². The second-order valence-electron chi connectivity index (χ2n) is 8.83. The van der Waals surface area contributed by atoms with Crippen molar-refractivity contribution in [1.29, 1.82) is 0 Å². The average molecular weight is 426 g/mol. The molecule has 0 aliphatic heterocycles. The van der Waals surface area contributed by atoms with Gasteiger partial charge in [-0.05, 0) is 64.7 Å². The molecule has 2 N–H and O–H groups in total. The number of rotatable bonds is 4. The molecule has 3 aromatic rings. The third-order valence-electron chi connectivity index (χ3n) is 5.21. The van der Waals surface area contributed by atoms with E-state index in [1.165, 1.54) is 18.5 Å². The molecule has 0 saturated heterocycles. The highest BCUT2D eigenvalue weighted by Gasteiger charge is 2.25. The largest absolute Gasteiger partial charge is 0.444 e. The van der Waals surface area contributed by atoms with E-state index in [1.807, 2.05) is 20.8 Å². The summed E-state index contributed by atoms with van der Waals surface area (Å²) in [4.78, 5) is 20.7. The molecule has 1 fully saturated rings. The van der Waals surface area contributed by atoms with E-state index in [2.05, 4.69) is 25.7 Å². The highest BCUT2D eigenvalue weighted by atomic mass is 19.1. The van der Waals surface area contributed by atoms with Crippen LogP contribution in [0.2, 0.25) is 0 Å². The van der Waals surface area contributed by atoms with Gasteiger partial charge in [0.05, 0.1) is 17.3 Å². The lowest BCUT2D eigenvalue weighted by molar-refractivity contribution is 0.0492. The van der Waals surface area contributed by atoms with E-state index in [4.69, 9.17) is 4.74 Å². The molecule has 1 saturated carbocycles. The van der Waals surface area contributed by atoms with Gasteiger partial charge in [0.25, 0.3) is 0 Å². The van der Waals surface area contributed by atoms with Crippen LogP contribution in [-0.2, 0) is 4.74 Å². The molecule has 1 aliphatic carbocycles. The quantitative estimate of drug-likeness (QED) is 0.649. The summed E-state index contributed by atoms with van der Waals surface area (Å²) in [5.41, 5.74) is 0.716. The van der Waals surface area contributed by atoms with Crippen molar-refractivity contribution in [2.75, 3.05) is 5.32 Å². The van der Waals surface area contributed by atoms with Gasteiger partial charge in [0.15, 0.2) is 5.65 Å². The Labute approximate surface area is 180 Å². The maximum atomic E-state index is 13.6. The lowest BCUT2D eigenvalue weighted by Crippen LogP contribution is -2.42. The van der Waals surface area contributed by atoms with Crippen LogP contribution in [0.15, 0.2) is 36.8 Å². The topological polar surface area (TPSA) is 94.0 Å². The van der Waals surface area contributed by atoms with Gasteiger partial charge < -0.3 is 15.4 Å². The SMILES string of the molecule is CC(C)(C)OC(=O)NC1CCC(Nc2ncnc3c2cnn3-c2cccc(F)c2)CC1. The molecule has 164 valence electrons. The van der Waals surface area contributed by atoms with Gasteiger partial charge in [-0.15, -0.1) is 0 Å². The molecular formula is C22H27FN6O2. The fourth-order valence-electron chi connectivity index (χ4n) is 3.81. The molecule has 2 heterocycles. The predicted molar refractivity (Wildman–Crippen MR) is 116 cm³/mol. The Balaban J connectivity index is 1.41. The minimum absolute atomic E-state index is 0.106. The number of benzene rings is 1. The van der Waals surface area contributed by atoms with Crippen LogP contribution in [-0.4, -0.2) is 43.5 Å². The molecule has 2 aromatic heterocycles. The summed E-state index contributed by atoms with van der Waals surface area (Å²) in [6.45, 7) is 5.56. The number of carbonyl (C=O) groups is 1. The van der Waals surface area contributed by atoms with Crippen molar-refractivity contribution in [2.45, 2.75) is 64.1 Å². The van der Waals surface area contributed by atoms with Crippen LogP contribution in [0.3, 0.4) is 0 Å². The van der Waals surface area contributed by atoms with Gasteiger partial charge in [-0.3, -0.25) is 0 Å². The Morgan fingerprint density at radius 1 is 1.16 bits per heavy atom. The van der Waals surface area contributed by atoms with E-state index in [-0.39, 0.29) is 24.0 Å². The Morgan fingerprint density at radius 3 is 2.61 bits per heavy atom. The number of nitrogens with one attached hydrogen (secondary N) is 2. The summed E-state index contributed by atoms with van der Waals surface area (Å²) in [6, 6.07) is 6.57. The van der Waals surface area contributed by atoms with Crippen molar-refractivity contribution in [3.63, 3.8) is 0 Å². The van der Waals surface area contributed by atoms with Gasteiger partial charge in [-0.2, -0.15) is 5.10 Å². The summed E-state index contributed by atoms with van der Waals surface area (Å²) in [5, 5.41) is 11.6. The molecule has 0 atom stereocenters. The number of halogens is 1. The third kappa shape index (κ3) is 5.10. The normalized spacial score (nSPS) is 19.2. The van der Waals surface area contributed by atoms with E-state index in [0.717, 1.165) is 31.1 Å². The van der Waals surface area contributed by atoms with Gasteiger partial charge in [0.1, 0.15) is 23.6 Å². The summed E-state index contributed by atoms with van der Waals surface area (Å²) in [5.74, 6) is 0.376. The van der Waals surface area contributed by atoms with E-state index >= 15 is 0 Å². The molecule has 9 heteroatoms. The first-order valence-electron chi connectivity index (χ1n) is 10.5. The highest BCUT2D eigenvalue weighted by Crippen LogP contribution is 2.26. The number of hydrogen-bond acceptors (Lipinski definition) is 6. The van der Waals surface area contributed by atoms with Crippen molar-refractivity contribution >= 4 is 22.9 Å². The van der Waals surface area contributed by atoms with E-state index in [9.17, 15) is 9.18 Å². The lowest BCUT2D eigenvalue weighted by atomic mass is 9.91. The minimum atomic E-state index is -0.503. The molecule has 8 nitrogen and oxygen atoms in total. The van der Waals surface area contributed by atoms with Crippen LogP contribution in [0.4, 0.5) is 15.0 Å². The minimum Gasteiger partial charge on any atom is -0.444 e. The van der Waals surface area contributed by atoms with Crippen molar-refractivity contribution in [2.24, 2.45) is 0 Å². The summed E-state index contributed by atoms with van der Waals surface area (Å²) >= 11 is 0. The van der Waals surface area contributed by atoms with Gasteiger partial charge in [-0.1, -0.05) is 6.07 Å². The van der Waals surface area contributed by atoms with Crippen LogP contribution < -0.4 is 10.6 Å². The van der Waals surface area contributed by atoms with E-state index in [0.29, 0.717) is 17.2 Å². The molecular weight excluding hydrogens is 399 g/mol. The summed E-state index contributed by atoms with van der Waals surface area (Å²) in [7, 11) is 0. The number of alkyl carbamates (subject to hydrolysis) is 1. The molecule has 0 unspecified atom stereocenters. The zero-order chi connectivity index (χ0) is 22.0. The molecule has 4 rings (SSSR count). The number of amides is 1. The van der Waals surface area contributed by atoms with E-state index in [1.54, 1.807) is 23.0 Å². The molecule has 0 spiro atoms. The number of aromatic nitrogens is 4. The zero-order valence-electron chi connectivity index (χ0n) is 17.9. The Morgan fingerprint density at radius 2 is 1.90 bits per heavy atom. The molecule has 1 amide bonds. The van der Waals surface area contributed by atoms with Crippen molar-refractivity contribution in [3.8, 4) is 5.69 Å². The van der Waals surface area contributed by atoms with Crippen LogP contribution >= 0.6 is 0 Å². The maximum absolute atomic E-state index is 13.6. The Bertz CT molecular complexity index is 1070. The number of hydrogen-bond donors (Lipinski definition) is 2. The molecule has 1 aliphatic rings.